The van der Waals surface area contributed by atoms with Crippen LogP contribution < -0.4 is 0 Å². The van der Waals surface area contributed by atoms with Crippen molar-refractivity contribution in [1.82, 2.24) is 0 Å². The monoisotopic (exact) mass is 634 g/mol. The van der Waals surface area contributed by atoms with Gasteiger partial charge in [0.1, 0.15) is 0 Å². The number of hydrogen-bond donors (Lipinski definition) is 4. The standard InChI is InChI=1S/C33H14O14/c34-25(35)20-19-15-3-1-2-4-18(15)33(11-5-7-13-16(9-11)31(44)46-29(13)42,12-6-8-14-17(10-12)32(45)47-30(14)43)24(19)23(28(40)41)22(27(38)39)21(20)26(36)37/h1-10H,(H,34,35)(H,36,37)(H,38,39)(H,40,41). The molecule has 0 bridgehead atoms. The lowest BCUT2D eigenvalue weighted by Gasteiger charge is -2.35. The van der Waals surface area contributed by atoms with Crippen molar-refractivity contribution >= 4 is 47.8 Å². The number of carbonyl (C=O) groups excluding carboxylic acids is 4. The minimum Gasteiger partial charge on any atom is -0.478 e. The number of aromatic carboxylic acids is 4. The second-order valence-electron chi connectivity index (χ2n) is 10.6. The number of carbonyl (C=O) groups is 8. The molecule has 3 aliphatic rings. The van der Waals surface area contributed by atoms with Gasteiger partial charge in [0, 0.05) is 5.56 Å². The Morgan fingerprint density at radius 2 is 0.915 bits per heavy atom. The highest BCUT2D eigenvalue weighted by molar-refractivity contribution is 6.20. The lowest BCUT2D eigenvalue weighted by atomic mass is 9.65. The predicted octanol–water partition coefficient (Wildman–Crippen LogP) is 3.46. The normalized spacial score (nSPS) is 14.9. The van der Waals surface area contributed by atoms with Crippen LogP contribution >= 0.6 is 0 Å². The second-order valence-corrected chi connectivity index (χ2v) is 10.6. The molecule has 4 aromatic carbocycles. The van der Waals surface area contributed by atoms with Gasteiger partial charge in [0.15, 0.2) is 0 Å². The highest BCUT2D eigenvalue weighted by Crippen LogP contribution is 2.60. The van der Waals surface area contributed by atoms with E-state index in [1.54, 1.807) is 0 Å². The topological polar surface area (TPSA) is 236 Å². The lowest BCUT2D eigenvalue weighted by molar-refractivity contribution is 0.0425. The van der Waals surface area contributed by atoms with E-state index in [4.69, 9.17) is 9.47 Å². The van der Waals surface area contributed by atoms with Crippen LogP contribution in [-0.4, -0.2) is 68.2 Å². The molecule has 0 radical (unpaired) electrons. The maximum Gasteiger partial charge on any atom is 0.346 e. The van der Waals surface area contributed by atoms with E-state index >= 15 is 0 Å². The van der Waals surface area contributed by atoms with Crippen molar-refractivity contribution in [3.63, 3.8) is 0 Å². The summed E-state index contributed by atoms with van der Waals surface area (Å²) in [5.41, 5.74) is -8.64. The van der Waals surface area contributed by atoms with Crippen LogP contribution in [0.25, 0.3) is 11.1 Å². The van der Waals surface area contributed by atoms with Gasteiger partial charge in [0.25, 0.3) is 0 Å². The number of cyclic esters (lactones) is 4. The molecule has 0 aromatic heterocycles. The second kappa shape index (κ2) is 9.52. The smallest absolute Gasteiger partial charge is 0.346 e. The van der Waals surface area contributed by atoms with Crippen LogP contribution in [0.5, 0.6) is 0 Å². The van der Waals surface area contributed by atoms with Crippen LogP contribution in [0, 0.1) is 0 Å². The third-order valence-electron chi connectivity index (χ3n) is 8.49. The highest BCUT2D eigenvalue weighted by Gasteiger charge is 2.54. The first-order valence-electron chi connectivity index (χ1n) is 13.4. The Morgan fingerprint density at radius 1 is 0.489 bits per heavy atom. The minimum atomic E-state index is -2.12. The molecule has 7 rings (SSSR count). The van der Waals surface area contributed by atoms with Gasteiger partial charge < -0.3 is 29.9 Å². The van der Waals surface area contributed by atoms with E-state index in [-0.39, 0.29) is 44.5 Å². The summed E-state index contributed by atoms with van der Waals surface area (Å²) in [5.74, 6) is -12.0. The number of carboxylic acids is 4. The van der Waals surface area contributed by atoms with Crippen molar-refractivity contribution in [1.29, 1.82) is 0 Å². The Balaban J connectivity index is 1.79. The van der Waals surface area contributed by atoms with Gasteiger partial charge >= 0.3 is 47.8 Å². The van der Waals surface area contributed by atoms with Gasteiger partial charge in [-0.2, -0.15) is 0 Å². The van der Waals surface area contributed by atoms with E-state index in [0.717, 1.165) is 0 Å². The van der Waals surface area contributed by atoms with Gasteiger partial charge in [-0.1, -0.05) is 36.4 Å². The molecule has 14 heteroatoms. The van der Waals surface area contributed by atoms with E-state index in [1.807, 2.05) is 0 Å². The zero-order valence-corrected chi connectivity index (χ0v) is 23.1. The first-order chi connectivity index (χ1) is 22.3. The molecule has 1 aliphatic carbocycles. The molecule has 4 N–H and O–H groups in total. The summed E-state index contributed by atoms with van der Waals surface area (Å²) >= 11 is 0. The third-order valence-corrected chi connectivity index (χ3v) is 8.49. The molecular weight excluding hydrogens is 620 g/mol. The Morgan fingerprint density at radius 3 is 1.38 bits per heavy atom. The number of carboxylic acid groups (broad SMARTS) is 4. The third kappa shape index (κ3) is 3.60. The summed E-state index contributed by atoms with van der Waals surface area (Å²) < 4.78 is 9.45. The Kier molecular flexibility index (Phi) is 5.83. The van der Waals surface area contributed by atoms with Gasteiger partial charge in [-0.25, -0.2) is 38.4 Å². The molecule has 47 heavy (non-hydrogen) atoms. The zero-order chi connectivity index (χ0) is 33.7. The van der Waals surface area contributed by atoms with Gasteiger partial charge in [0.05, 0.1) is 49.9 Å². The number of ether oxygens (including phenoxy) is 2. The fourth-order valence-corrected chi connectivity index (χ4v) is 6.82. The van der Waals surface area contributed by atoms with Crippen molar-refractivity contribution in [2.45, 2.75) is 5.41 Å². The van der Waals surface area contributed by atoms with E-state index in [1.165, 1.54) is 60.7 Å². The number of rotatable bonds is 6. The van der Waals surface area contributed by atoms with Gasteiger partial charge in [0.2, 0.25) is 0 Å². The molecule has 0 saturated carbocycles. The summed E-state index contributed by atoms with van der Waals surface area (Å²) in [7, 11) is 0. The van der Waals surface area contributed by atoms with E-state index < -0.39 is 86.6 Å². The van der Waals surface area contributed by atoms with Crippen molar-refractivity contribution in [2.24, 2.45) is 0 Å². The summed E-state index contributed by atoms with van der Waals surface area (Å²) in [6, 6.07) is 13.1. The molecule has 0 amide bonds. The Hall–Kier alpha value is -6.96. The molecule has 2 aliphatic heterocycles. The van der Waals surface area contributed by atoms with E-state index in [0.29, 0.717) is 0 Å². The largest absolute Gasteiger partial charge is 0.478 e. The van der Waals surface area contributed by atoms with Crippen molar-refractivity contribution in [2.75, 3.05) is 0 Å². The fourth-order valence-electron chi connectivity index (χ4n) is 6.82. The minimum absolute atomic E-state index is 0.0138. The molecule has 0 atom stereocenters. The van der Waals surface area contributed by atoms with Crippen LogP contribution in [0.4, 0.5) is 0 Å². The SMILES string of the molecule is O=C1OC(=O)c2cc(C3(c4ccc5c(c4)C(=O)OC5=O)c4ccccc4-c4c(C(=O)O)c(C(=O)O)c(C(=O)O)c(C(=O)O)c43)ccc21. The van der Waals surface area contributed by atoms with Crippen LogP contribution in [0.1, 0.15) is 105 Å². The predicted molar refractivity (Wildman–Crippen MR) is 151 cm³/mol. The van der Waals surface area contributed by atoms with E-state index in [9.17, 15) is 58.8 Å². The Labute approximate surface area is 260 Å². The first-order valence-corrected chi connectivity index (χ1v) is 13.4. The molecule has 14 nitrogen and oxygen atoms in total. The van der Waals surface area contributed by atoms with Gasteiger partial charge in [-0.15, -0.1) is 0 Å². The molecule has 0 unspecified atom stereocenters. The van der Waals surface area contributed by atoms with Crippen LogP contribution in [0.15, 0.2) is 60.7 Å². The van der Waals surface area contributed by atoms with Crippen LogP contribution in [-0.2, 0) is 14.9 Å². The maximum absolute atomic E-state index is 13.2. The zero-order valence-electron chi connectivity index (χ0n) is 23.1. The van der Waals surface area contributed by atoms with Gasteiger partial charge in [-0.3, -0.25) is 0 Å². The molecule has 230 valence electrons. The lowest BCUT2D eigenvalue weighted by Crippen LogP contribution is -2.33. The average molecular weight is 634 g/mol. The number of fused-ring (bicyclic) bond motifs is 5. The number of benzene rings is 4. The van der Waals surface area contributed by atoms with Crippen LogP contribution in [0.2, 0.25) is 0 Å². The van der Waals surface area contributed by atoms with Crippen molar-refractivity contribution in [3.05, 3.63) is 127 Å². The molecule has 0 saturated heterocycles. The Bertz CT molecular complexity index is 2220. The molecule has 0 fully saturated rings. The van der Waals surface area contributed by atoms with Gasteiger partial charge in [-0.05, 0) is 52.1 Å². The maximum atomic E-state index is 13.2. The molecule has 0 spiro atoms. The first kappa shape index (κ1) is 28.8. The van der Waals surface area contributed by atoms with Crippen molar-refractivity contribution in [3.8, 4) is 11.1 Å². The molecule has 4 aromatic rings. The fraction of sp³-hybridized carbons (Fsp3) is 0.0303. The summed E-state index contributed by atoms with van der Waals surface area (Å²) in [6.07, 6.45) is 0. The highest BCUT2D eigenvalue weighted by atomic mass is 16.6. The number of esters is 4. The molecular formula is C33H14O14. The average Bonchev–Trinajstić information content (AvgIpc) is 3.60. The summed E-state index contributed by atoms with van der Waals surface area (Å²) in [5, 5.41) is 41.5. The summed E-state index contributed by atoms with van der Waals surface area (Å²) in [6.45, 7) is 0. The quantitative estimate of drug-likeness (QED) is 0.155. The summed E-state index contributed by atoms with van der Waals surface area (Å²) in [4.78, 5) is 101. The van der Waals surface area contributed by atoms with E-state index in [2.05, 4.69) is 0 Å². The van der Waals surface area contributed by atoms with Crippen LogP contribution in [0.3, 0.4) is 0 Å². The number of hydrogen-bond acceptors (Lipinski definition) is 10. The molecule has 2 heterocycles. The van der Waals surface area contributed by atoms with Crippen molar-refractivity contribution < 1.29 is 68.3 Å².